The summed E-state index contributed by atoms with van der Waals surface area (Å²) >= 11 is 0. The van der Waals surface area contributed by atoms with E-state index >= 15 is 0 Å². The van der Waals surface area contributed by atoms with Gasteiger partial charge in [0.15, 0.2) is 0 Å². The minimum Gasteiger partial charge on any atom is -1.00 e. The van der Waals surface area contributed by atoms with Gasteiger partial charge in [-0.25, -0.2) is 0 Å². The second-order valence-corrected chi connectivity index (χ2v) is 3.23. The molecule has 0 fully saturated rings. The maximum Gasteiger partial charge on any atom is 3.00 e. The molecule has 1 unspecified atom stereocenters. The first-order valence-electron chi connectivity index (χ1n) is 5.73. The van der Waals surface area contributed by atoms with Gasteiger partial charge in [-0.15, -0.1) is 0 Å². The van der Waals surface area contributed by atoms with E-state index in [4.69, 9.17) is 0 Å². The Labute approximate surface area is 153 Å². The summed E-state index contributed by atoms with van der Waals surface area (Å²) in [7, 11) is 0. The van der Waals surface area contributed by atoms with Crippen molar-refractivity contribution in [2.24, 2.45) is 0 Å². The van der Waals surface area contributed by atoms with Gasteiger partial charge in [-0.2, -0.15) is 119 Å². The maximum atomic E-state index is 2.89. The fourth-order valence-electron chi connectivity index (χ4n) is 1.03. The largest absolute Gasteiger partial charge is 3.00 e. The van der Waals surface area contributed by atoms with Crippen molar-refractivity contribution in [3.63, 3.8) is 0 Å². The zero-order valence-corrected chi connectivity index (χ0v) is 15.9. The number of hydrogen-bond acceptors (Lipinski definition) is 0. The van der Waals surface area contributed by atoms with Crippen LogP contribution >= 0.6 is 9.90 Å². The number of benzene rings is 3. The third kappa shape index (κ3) is 19.1. The summed E-state index contributed by atoms with van der Waals surface area (Å²) in [6.45, 7) is 0. The van der Waals surface area contributed by atoms with Crippen LogP contribution in [0.1, 0.15) is 0 Å². The van der Waals surface area contributed by atoms with E-state index in [9.17, 15) is 0 Å². The Morgan fingerprint density at radius 1 is 0.381 bits per heavy atom. The third-order valence-electron chi connectivity index (χ3n) is 1.82. The topological polar surface area (TPSA) is 0 Å². The number of hydrogen-bond donors (Lipinski definition) is 0. The molecular weight excluding hydrogens is 480 g/mol. The van der Waals surface area contributed by atoms with Crippen LogP contribution in [0.5, 0.6) is 0 Å². The van der Waals surface area contributed by atoms with E-state index in [1.807, 2.05) is 91.0 Å². The van der Waals surface area contributed by atoms with E-state index in [0.29, 0.717) is 0 Å². The summed E-state index contributed by atoms with van der Waals surface area (Å²) in [6, 6.07) is 37.5. The van der Waals surface area contributed by atoms with Crippen LogP contribution in [-0.2, 0) is 22.4 Å². The molecule has 0 radical (unpaired) electrons. The smallest absolute Gasteiger partial charge is 1.00 e. The first kappa shape index (κ1) is 25.1. The monoisotopic (exact) mass is 497 g/mol. The van der Waals surface area contributed by atoms with E-state index in [1.165, 1.54) is 0 Å². The number of halogens is 1. The molecule has 114 valence electrons. The quantitative estimate of drug-likeness (QED) is 0.251. The predicted molar refractivity (Wildman–Crippen MR) is 86.9 cm³/mol. The number of rotatable bonds is 0. The first-order chi connectivity index (χ1) is 9.00. The van der Waals surface area contributed by atoms with Gasteiger partial charge in [-0.3, -0.25) is 0 Å². The molecule has 0 aliphatic rings. The molecular formula is C18H18AuClP-. The van der Waals surface area contributed by atoms with Crippen LogP contribution in [0.3, 0.4) is 0 Å². The molecule has 0 aliphatic heterocycles. The molecule has 3 aromatic carbocycles. The van der Waals surface area contributed by atoms with Crippen molar-refractivity contribution >= 4 is 9.90 Å². The second kappa shape index (κ2) is 21.4. The van der Waals surface area contributed by atoms with Crippen molar-refractivity contribution in [2.45, 2.75) is 0 Å². The van der Waals surface area contributed by atoms with Gasteiger partial charge in [0.2, 0.25) is 0 Å². The van der Waals surface area contributed by atoms with Gasteiger partial charge >= 0.3 is 22.4 Å². The van der Waals surface area contributed by atoms with Gasteiger partial charge in [0, 0.05) is 0 Å². The normalized spacial score (nSPS) is 6.86. The Balaban J connectivity index is -0.000000216. The van der Waals surface area contributed by atoms with Crippen LogP contribution in [0, 0.1) is 18.2 Å². The molecule has 0 bridgehead atoms. The van der Waals surface area contributed by atoms with E-state index in [2.05, 4.69) is 18.2 Å². The minimum absolute atomic E-state index is 0. The molecule has 0 heterocycles. The van der Waals surface area contributed by atoms with Gasteiger partial charge < -0.3 is 12.4 Å². The summed E-state index contributed by atoms with van der Waals surface area (Å²) in [5.74, 6) is 0. The fraction of sp³-hybridized carbons (Fsp3) is 0. The minimum atomic E-state index is 0. The Kier molecular flexibility index (Phi) is 25.6. The van der Waals surface area contributed by atoms with E-state index < -0.39 is 0 Å². The Bertz CT molecular complexity index is 308. The molecule has 0 saturated carbocycles. The van der Waals surface area contributed by atoms with Gasteiger partial charge in [0.05, 0.1) is 0 Å². The Hall–Kier alpha value is -0.880. The van der Waals surface area contributed by atoms with E-state index in [-0.39, 0.29) is 44.7 Å². The maximum absolute atomic E-state index is 2.89. The van der Waals surface area contributed by atoms with Crippen molar-refractivity contribution < 1.29 is 34.8 Å². The zero-order chi connectivity index (χ0) is 12.7. The van der Waals surface area contributed by atoms with Crippen LogP contribution in [0.2, 0.25) is 0 Å². The van der Waals surface area contributed by atoms with Gasteiger partial charge in [0.25, 0.3) is 0 Å². The van der Waals surface area contributed by atoms with E-state index in [0.717, 1.165) is 0 Å². The van der Waals surface area contributed by atoms with E-state index in [1.54, 1.807) is 0 Å². The van der Waals surface area contributed by atoms with Crippen molar-refractivity contribution in [1.29, 1.82) is 0 Å². The van der Waals surface area contributed by atoms with Crippen molar-refractivity contribution in [1.82, 2.24) is 0 Å². The van der Waals surface area contributed by atoms with Gasteiger partial charge in [-0.05, 0) is 0 Å². The molecule has 0 saturated heterocycles. The summed E-state index contributed by atoms with van der Waals surface area (Å²) < 4.78 is 0. The molecule has 3 aromatic rings. The second-order valence-electron chi connectivity index (χ2n) is 3.23. The van der Waals surface area contributed by atoms with Crippen LogP contribution in [0.25, 0.3) is 0 Å². The molecule has 0 nitrogen and oxygen atoms in total. The zero-order valence-electron chi connectivity index (χ0n) is 11.5. The van der Waals surface area contributed by atoms with Crippen LogP contribution in [-0.4, -0.2) is 0 Å². The molecule has 3 rings (SSSR count). The average Bonchev–Trinajstić information content (AvgIpc) is 2.54. The summed E-state index contributed by atoms with van der Waals surface area (Å²) in [5.41, 5.74) is 0. The van der Waals surface area contributed by atoms with Crippen molar-refractivity contribution in [3.8, 4) is 0 Å². The molecule has 3 heteroatoms. The van der Waals surface area contributed by atoms with Crippen molar-refractivity contribution in [2.75, 3.05) is 0 Å². The Morgan fingerprint density at radius 2 is 0.571 bits per heavy atom. The van der Waals surface area contributed by atoms with Crippen LogP contribution in [0.15, 0.2) is 91.0 Å². The average molecular weight is 498 g/mol. The summed E-state index contributed by atoms with van der Waals surface area (Å²) in [6.07, 6.45) is 0. The SMILES string of the molecule is P.[Au+3].[Cl-].[c-]1ccccc1.[c-]1ccccc1.[c-]1ccccc1. The summed E-state index contributed by atoms with van der Waals surface area (Å²) in [5, 5.41) is 0. The fourth-order valence-corrected chi connectivity index (χ4v) is 1.03. The first-order valence-corrected chi connectivity index (χ1v) is 5.73. The molecule has 0 aromatic heterocycles. The molecule has 0 aliphatic carbocycles. The van der Waals surface area contributed by atoms with Gasteiger partial charge in [-0.1, -0.05) is 0 Å². The molecule has 0 amide bonds. The third-order valence-corrected chi connectivity index (χ3v) is 1.82. The molecule has 1 atom stereocenters. The van der Waals surface area contributed by atoms with Crippen LogP contribution in [0.4, 0.5) is 0 Å². The summed E-state index contributed by atoms with van der Waals surface area (Å²) in [4.78, 5) is 0. The Morgan fingerprint density at radius 3 is 0.619 bits per heavy atom. The predicted octanol–water partition coefficient (Wildman–Crippen LogP) is 1.52. The van der Waals surface area contributed by atoms with Crippen molar-refractivity contribution in [3.05, 3.63) is 109 Å². The molecule has 0 N–H and O–H groups in total. The molecule has 21 heavy (non-hydrogen) atoms. The van der Waals surface area contributed by atoms with Gasteiger partial charge in [0.1, 0.15) is 0 Å². The van der Waals surface area contributed by atoms with Crippen LogP contribution < -0.4 is 12.4 Å². The standard InChI is InChI=1S/3C6H5.Au.ClH.H3P/c3*1-2-4-6-5-3-1;;;/h3*1-5H;;1H;1H3/q3*-1;+3;;/p-1. The molecule has 0 spiro atoms.